The third-order valence-electron chi connectivity index (χ3n) is 6.13. The summed E-state index contributed by atoms with van der Waals surface area (Å²) in [5.41, 5.74) is 2.93. The number of hydrogen-bond acceptors (Lipinski definition) is 5. The molecule has 5 nitrogen and oxygen atoms in total. The van der Waals surface area contributed by atoms with Crippen LogP contribution in [0.2, 0.25) is 0 Å². The highest BCUT2D eigenvalue weighted by molar-refractivity contribution is 7.17. The van der Waals surface area contributed by atoms with Crippen molar-refractivity contribution in [2.24, 2.45) is 0 Å². The molecule has 0 bridgehead atoms. The zero-order chi connectivity index (χ0) is 21.2. The molecule has 31 heavy (non-hydrogen) atoms. The molecule has 3 aromatic rings. The van der Waals surface area contributed by atoms with Crippen LogP contribution >= 0.6 is 11.3 Å². The maximum atomic E-state index is 13.7. The third kappa shape index (κ3) is 4.38. The van der Waals surface area contributed by atoms with E-state index >= 15 is 0 Å². The number of benzene rings is 2. The van der Waals surface area contributed by atoms with E-state index in [9.17, 15) is 9.18 Å². The van der Waals surface area contributed by atoms with Crippen molar-refractivity contribution in [2.75, 3.05) is 44.2 Å². The van der Waals surface area contributed by atoms with Crippen LogP contribution in [0.5, 0.6) is 5.75 Å². The monoisotopic (exact) mass is 439 g/mol. The smallest absolute Gasteiger partial charge is 0.252 e. The highest BCUT2D eigenvalue weighted by Crippen LogP contribution is 2.34. The van der Waals surface area contributed by atoms with Crippen LogP contribution in [0.15, 0.2) is 41.8 Å². The molecule has 3 heterocycles. The van der Waals surface area contributed by atoms with Gasteiger partial charge in [0.15, 0.2) is 0 Å². The molecule has 0 unspecified atom stereocenters. The van der Waals surface area contributed by atoms with Crippen LogP contribution in [0.4, 0.5) is 10.1 Å². The predicted molar refractivity (Wildman–Crippen MR) is 123 cm³/mol. The molecule has 0 saturated carbocycles. The van der Waals surface area contributed by atoms with Crippen molar-refractivity contribution in [1.29, 1.82) is 0 Å². The minimum atomic E-state index is -0.170. The maximum Gasteiger partial charge on any atom is 0.252 e. The number of ether oxygens (including phenoxy) is 1. The van der Waals surface area contributed by atoms with E-state index in [2.05, 4.69) is 20.5 Å². The normalized spacial score (nSPS) is 16.5. The Hall–Kier alpha value is -2.64. The maximum absolute atomic E-state index is 13.7. The first-order valence-electron chi connectivity index (χ1n) is 10.9. The Kier molecular flexibility index (Phi) is 5.78. The number of rotatable bonds is 7. The Labute approximate surface area is 185 Å². The van der Waals surface area contributed by atoms with Gasteiger partial charge < -0.3 is 15.0 Å². The number of piperazine rings is 1. The van der Waals surface area contributed by atoms with Crippen LogP contribution in [0, 0.1) is 5.82 Å². The highest BCUT2D eigenvalue weighted by Gasteiger charge is 2.20. The average Bonchev–Trinajstić information content (AvgIpc) is 3.37. The number of carbonyl (C=O) groups excluding carboxylic acids is 1. The van der Waals surface area contributed by atoms with Crippen molar-refractivity contribution in [1.82, 2.24) is 10.2 Å². The van der Waals surface area contributed by atoms with Crippen LogP contribution in [-0.2, 0) is 6.54 Å². The van der Waals surface area contributed by atoms with Crippen LogP contribution in [-0.4, -0.2) is 50.1 Å². The fourth-order valence-corrected chi connectivity index (χ4v) is 5.31. The zero-order valence-corrected chi connectivity index (χ0v) is 18.2. The number of thiophene rings is 1. The molecule has 0 atom stereocenters. The zero-order valence-electron chi connectivity index (χ0n) is 17.4. The molecule has 2 aromatic carbocycles. The largest absolute Gasteiger partial charge is 0.494 e. The number of unbranched alkanes of at least 4 members (excludes halogenated alkanes) is 1. The van der Waals surface area contributed by atoms with Crippen LogP contribution < -0.4 is 15.0 Å². The molecule has 1 amide bonds. The number of nitrogens with one attached hydrogen (secondary N) is 1. The van der Waals surface area contributed by atoms with E-state index in [1.165, 1.54) is 6.07 Å². The third-order valence-corrected chi connectivity index (χ3v) is 7.08. The summed E-state index contributed by atoms with van der Waals surface area (Å²) in [5.74, 6) is 0.583. The lowest BCUT2D eigenvalue weighted by atomic mass is 10.1. The number of fused-ring (bicyclic) bond motifs is 2. The lowest BCUT2D eigenvalue weighted by Crippen LogP contribution is -2.46. The summed E-state index contributed by atoms with van der Waals surface area (Å²) in [6.45, 7) is 6.31. The van der Waals surface area contributed by atoms with Gasteiger partial charge in [0.05, 0.1) is 12.3 Å². The van der Waals surface area contributed by atoms with E-state index in [1.54, 1.807) is 17.4 Å². The number of hydrogen-bond donors (Lipinski definition) is 1. The summed E-state index contributed by atoms with van der Waals surface area (Å²) < 4.78 is 20.7. The average molecular weight is 440 g/mol. The van der Waals surface area contributed by atoms with Crippen molar-refractivity contribution < 1.29 is 13.9 Å². The van der Waals surface area contributed by atoms with Gasteiger partial charge in [0.1, 0.15) is 11.6 Å². The fraction of sp³-hybridized carbons (Fsp3) is 0.375. The van der Waals surface area contributed by atoms with Gasteiger partial charge in [-0.2, -0.15) is 0 Å². The molecule has 0 spiro atoms. The van der Waals surface area contributed by atoms with Crippen molar-refractivity contribution >= 4 is 33.0 Å². The second-order valence-electron chi connectivity index (χ2n) is 8.15. The molecule has 2 aliphatic heterocycles. The quantitative estimate of drug-likeness (QED) is 0.559. The van der Waals surface area contributed by atoms with E-state index in [4.69, 9.17) is 4.74 Å². The van der Waals surface area contributed by atoms with Gasteiger partial charge in [0.25, 0.3) is 5.91 Å². The van der Waals surface area contributed by atoms with E-state index in [1.807, 2.05) is 24.3 Å². The summed E-state index contributed by atoms with van der Waals surface area (Å²) in [5, 5.41) is 6.01. The van der Waals surface area contributed by atoms with Crippen molar-refractivity contribution in [2.45, 2.75) is 19.4 Å². The Morgan fingerprint density at radius 3 is 2.81 bits per heavy atom. The van der Waals surface area contributed by atoms with E-state index in [0.29, 0.717) is 13.2 Å². The van der Waals surface area contributed by atoms with E-state index in [0.717, 1.165) is 78.2 Å². The predicted octanol–water partition coefficient (Wildman–Crippen LogP) is 4.27. The minimum Gasteiger partial charge on any atom is -0.494 e. The van der Waals surface area contributed by atoms with Crippen molar-refractivity contribution in [3.8, 4) is 5.75 Å². The van der Waals surface area contributed by atoms with Gasteiger partial charge in [0, 0.05) is 53.8 Å². The van der Waals surface area contributed by atoms with Gasteiger partial charge in [-0.15, -0.1) is 11.3 Å². The Bertz CT molecular complexity index is 1090. The summed E-state index contributed by atoms with van der Waals surface area (Å²) in [7, 11) is 0. The number of carbonyl (C=O) groups is 1. The first-order chi connectivity index (χ1) is 15.2. The van der Waals surface area contributed by atoms with Gasteiger partial charge in [0.2, 0.25) is 0 Å². The van der Waals surface area contributed by atoms with E-state index < -0.39 is 0 Å². The standard InChI is InChI=1S/C24H26FN3O2S/c25-18-4-6-23-21(13-18)22(16-31-23)28-10-8-27(9-11-28)7-1-2-12-30-19-5-3-17-15-26-24(29)20(17)14-19/h3-6,13-14,16H,1-2,7-12,15H2,(H,26,29). The Morgan fingerprint density at radius 2 is 1.94 bits per heavy atom. The van der Waals surface area contributed by atoms with Crippen molar-refractivity contribution in [3.63, 3.8) is 0 Å². The number of anilines is 1. The molecular weight excluding hydrogens is 413 g/mol. The molecule has 1 saturated heterocycles. The van der Waals surface area contributed by atoms with Gasteiger partial charge in [-0.05, 0) is 55.3 Å². The molecule has 1 aromatic heterocycles. The second kappa shape index (κ2) is 8.85. The molecule has 0 aliphatic carbocycles. The molecule has 1 N–H and O–H groups in total. The summed E-state index contributed by atoms with van der Waals surface area (Å²) >= 11 is 1.68. The van der Waals surface area contributed by atoms with Crippen molar-refractivity contribution in [3.05, 3.63) is 58.7 Å². The topological polar surface area (TPSA) is 44.8 Å². The minimum absolute atomic E-state index is 0.0137. The number of nitrogens with zero attached hydrogens (tertiary/aromatic N) is 2. The lowest BCUT2D eigenvalue weighted by molar-refractivity contribution is 0.0965. The van der Waals surface area contributed by atoms with Gasteiger partial charge in [-0.1, -0.05) is 6.07 Å². The molecule has 1 fully saturated rings. The summed E-state index contributed by atoms with van der Waals surface area (Å²) in [6.07, 6.45) is 2.07. The molecule has 0 radical (unpaired) electrons. The summed E-state index contributed by atoms with van der Waals surface area (Å²) in [6, 6.07) is 10.8. The Morgan fingerprint density at radius 1 is 1.06 bits per heavy atom. The second-order valence-corrected chi connectivity index (χ2v) is 9.06. The highest BCUT2D eigenvalue weighted by atomic mass is 32.1. The number of amides is 1. The lowest BCUT2D eigenvalue weighted by Gasteiger charge is -2.35. The first kappa shape index (κ1) is 20.3. The molecule has 2 aliphatic rings. The molecular formula is C24H26FN3O2S. The van der Waals surface area contributed by atoms with E-state index in [-0.39, 0.29) is 11.7 Å². The molecule has 7 heteroatoms. The summed E-state index contributed by atoms with van der Waals surface area (Å²) in [4.78, 5) is 16.6. The van der Waals surface area contributed by atoms with Crippen LogP contribution in [0.25, 0.3) is 10.1 Å². The first-order valence-corrected chi connectivity index (χ1v) is 11.7. The SMILES string of the molecule is O=C1NCc2ccc(OCCCCN3CCN(c4csc5ccc(F)cc45)CC3)cc21. The molecule has 5 rings (SSSR count). The number of halogens is 1. The van der Waals surface area contributed by atoms with Gasteiger partial charge in [-0.25, -0.2) is 4.39 Å². The Balaban J connectivity index is 1.05. The van der Waals surface area contributed by atoms with Gasteiger partial charge >= 0.3 is 0 Å². The molecule has 162 valence electrons. The van der Waals surface area contributed by atoms with Crippen LogP contribution in [0.1, 0.15) is 28.8 Å². The fourth-order valence-electron chi connectivity index (χ4n) is 4.35. The van der Waals surface area contributed by atoms with Crippen LogP contribution in [0.3, 0.4) is 0 Å². The van der Waals surface area contributed by atoms with Gasteiger partial charge in [-0.3, -0.25) is 9.69 Å².